The van der Waals surface area contributed by atoms with Gasteiger partial charge in [0.25, 0.3) is 0 Å². The van der Waals surface area contributed by atoms with Crippen molar-refractivity contribution in [2.75, 3.05) is 6.61 Å². The van der Waals surface area contributed by atoms with Gasteiger partial charge in [-0.1, -0.05) is 0 Å². The van der Waals surface area contributed by atoms with Gasteiger partial charge in [-0.15, -0.1) is 0 Å². The van der Waals surface area contributed by atoms with E-state index in [9.17, 15) is 5.11 Å². The molecule has 1 N–H and O–H groups in total. The van der Waals surface area contributed by atoms with Crippen molar-refractivity contribution in [2.24, 2.45) is 46.8 Å². The summed E-state index contributed by atoms with van der Waals surface area (Å²) in [5, 5.41) is 9.34. The molecule has 0 radical (unpaired) electrons. The van der Waals surface area contributed by atoms with Crippen molar-refractivity contribution < 1.29 is 5.11 Å². The number of hydrogen-bond acceptors (Lipinski definition) is 1. The topological polar surface area (TPSA) is 20.2 Å². The SMILES string of the molecule is OCC12C3[C@H]4C5CC([C@H]41)[C@H]2[C@H]53. The summed E-state index contributed by atoms with van der Waals surface area (Å²) in [4.78, 5) is 0. The predicted octanol–water partition coefficient (Wildman–Crippen LogP) is 0.737. The molecule has 0 aromatic carbocycles. The van der Waals surface area contributed by atoms with Crippen LogP contribution in [0.1, 0.15) is 6.42 Å². The zero-order chi connectivity index (χ0) is 6.96. The smallest absolute Gasteiger partial charge is 0.0496 e. The first-order valence-electron chi connectivity index (χ1n) is 5.02. The molecular weight excluding hydrogens is 136 g/mol. The van der Waals surface area contributed by atoms with Crippen LogP contribution in [0.2, 0.25) is 0 Å². The second-order valence-corrected chi connectivity index (χ2v) is 5.57. The van der Waals surface area contributed by atoms with Crippen LogP contribution < -0.4 is 0 Å². The minimum absolute atomic E-state index is 0.531. The molecule has 6 rings (SSSR count). The first-order valence-corrected chi connectivity index (χ1v) is 5.02. The molecule has 6 fully saturated rings. The standard InChI is InChI=1S/C10H12O/c11-2-10-7-4-1-3-5(7)9(10)6(3)8(4)10/h3-9,11H,1-2H2/t3?,4?,5-,6-,7-,8+,9?,10?/m0/s1. The van der Waals surface area contributed by atoms with Crippen LogP contribution in [0.5, 0.6) is 0 Å². The van der Waals surface area contributed by atoms with Crippen LogP contribution in [-0.2, 0) is 0 Å². The molecule has 0 aromatic heterocycles. The van der Waals surface area contributed by atoms with Crippen molar-refractivity contribution in [1.29, 1.82) is 0 Å². The van der Waals surface area contributed by atoms with Gasteiger partial charge in [0.2, 0.25) is 0 Å². The molecule has 6 saturated carbocycles. The summed E-state index contributed by atoms with van der Waals surface area (Å²) >= 11 is 0. The second kappa shape index (κ2) is 0.953. The highest BCUT2D eigenvalue weighted by atomic mass is 16.3. The first-order chi connectivity index (χ1) is 5.41. The Balaban J connectivity index is 1.79. The lowest BCUT2D eigenvalue weighted by atomic mass is 9.13. The molecule has 0 aromatic rings. The van der Waals surface area contributed by atoms with E-state index in [1.54, 1.807) is 6.42 Å². The van der Waals surface area contributed by atoms with Crippen molar-refractivity contribution in [3.05, 3.63) is 0 Å². The van der Waals surface area contributed by atoms with Gasteiger partial charge < -0.3 is 5.11 Å². The van der Waals surface area contributed by atoms with E-state index in [2.05, 4.69) is 0 Å². The van der Waals surface area contributed by atoms with E-state index in [0.29, 0.717) is 12.0 Å². The van der Waals surface area contributed by atoms with Crippen LogP contribution in [-0.4, -0.2) is 11.7 Å². The van der Waals surface area contributed by atoms with Gasteiger partial charge in [-0.05, 0) is 47.8 Å². The molecule has 0 amide bonds. The van der Waals surface area contributed by atoms with E-state index >= 15 is 0 Å². The Kier molecular flexibility index (Phi) is 0.421. The highest BCUT2D eigenvalue weighted by Crippen LogP contribution is 2.99. The largest absolute Gasteiger partial charge is 0.396 e. The van der Waals surface area contributed by atoms with E-state index in [4.69, 9.17) is 0 Å². The van der Waals surface area contributed by atoms with E-state index in [1.807, 2.05) is 0 Å². The number of aliphatic hydroxyl groups excluding tert-OH is 1. The van der Waals surface area contributed by atoms with Crippen molar-refractivity contribution in [1.82, 2.24) is 0 Å². The van der Waals surface area contributed by atoms with Crippen molar-refractivity contribution in [3.8, 4) is 0 Å². The molecule has 4 unspecified atom stereocenters. The van der Waals surface area contributed by atoms with Crippen LogP contribution in [0, 0.1) is 46.8 Å². The average Bonchev–Trinajstić information content (AvgIpc) is 2.27. The Morgan fingerprint density at radius 1 is 1.09 bits per heavy atom. The monoisotopic (exact) mass is 148 g/mol. The third kappa shape index (κ3) is 0.195. The average molecular weight is 148 g/mol. The maximum absolute atomic E-state index is 9.34. The third-order valence-corrected chi connectivity index (χ3v) is 6.25. The van der Waals surface area contributed by atoms with Gasteiger partial charge in [0.15, 0.2) is 0 Å². The van der Waals surface area contributed by atoms with Gasteiger partial charge >= 0.3 is 0 Å². The fourth-order valence-corrected chi connectivity index (χ4v) is 6.45. The van der Waals surface area contributed by atoms with E-state index < -0.39 is 0 Å². The Labute approximate surface area is 65.8 Å². The summed E-state index contributed by atoms with van der Waals surface area (Å²) in [6.45, 7) is 0.531. The molecule has 0 spiro atoms. The maximum atomic E-state index is 9.34. The summed E-state index contributed by atoms with van der Waals surface area (Å²) < 4.78 is 0. The zero-order valence-electron chi connectivity index (χ0n) is 6.40. The molecule has 2 bridgehead atoms. The quantitative estimate of drug-likeness (QED) is 0.581. The number of aliphatic hydroxyl groups is 1. The van der Waals surface area contributed by atoms with Gasteiger partial charge in [0.1, 0.15) is 0 Å². The molecule has 11 heavy (non-hydrogen) atoms. The summed E-state index contributed by atoms with van der Waals surface area (Å²) in [5.74, 6) is 7.60. The zero-order valence-corrected chi connectivity index (χ0v) is 6.40. The van der Waals surface area contributed by atoms with Crippen LogP contribution in [0.4, 0.5) is 0 Å². The highest BCUT2D eigenvalue weighted by Gasteiger charge is 2.97. The van der Waals surface area contributed by atoms with E-state index in [0.717, 1.165) is 41.4 Å². The summed E-state index contributed by atoms with van der Waals surface area (Å²) in [5.41, 5.74) is 0.549. The molecule has 0 aliphatic heterocycles. The van der Waals surface area contributed by atoms with Gasteiger partial charge in [0, 0.05) is 12.0 Å². The van der Waals surface area contributed by atoms with Gasteiger partial charge in [-0.2, -0.15) is 0 Å². The lowest BCUT2D eigenvalue weighted by molar-refractivity contribution is -0.455. The van der Waals surface area contributed by atoms with Gasteiger partial charge in [-0.3, -0.25) is 0 Å². The Hall–Kier alpha value is -0.0400. The summed E-state index contributed by atoms with van der Waals surface area (Å²) in [6, 6.07) is 0. The number of rotatable bonds is 1. The molecule has 6 aliphatic carbocycles. The minimum atomic E-state index is 0.531. The van der Waals surface area contributed by atoms with Crippen molar-refractivity contribution >= 4 is 0 Å². The molecule has 8 atom stereocenters. The number of hydrogen-bond donors (Lipinski definition) is 1. The highest BCUT2D eigenvalue weighted by molar-refractivity contribution is 5.43. The fourth-order valence-electron chi connectivity index (χ4n) is 6.45. The second-order valence-electron chi connectivity index (χ2n) is 5.57. The van der Waals surface area contributed by atoms with Crippen molar-refractivity contribution in [3.63, 3.8) is 0 Å². The molecule has 58 valence electrons. The van der Waals surface area contributed by atoms with E-state index in [1.165, 1.54) is 0 Å². The fraction of sp³-hybridized carbons (Fsp3) is 1.00. The summed E-state index contributed by atoms with van der Waals surface area (Å²) in [6.07, 6.45) is 1.56. The van der Waals surface area contributed by atoms with Crippen LogP contribution in [0.15, 0.2) is 0 Å². The normalized spacial score (nSPS) is 89.7. The van der Waals surface area contributed by atoms with Crippen LogP contribution >= 0.6 is 0 Å². The Morgan fingerprint density at radius 3 is 2.36 bits per heavy atom. The lowest BCUT2D eigenvalue weighted by Gasteiger charge is -2.91. The Morgan fingerprint density at radius 2 is 1.82 bits per heavy atom. The molecule has 1 nitrogen and oxygen atoms in total. The molecule has 0 heterocycles. The molecule has 0 saturated heterocycles. The van der Waals surface area contributed by atoms with Gasteiger partial charge in [-0.25, -0.2) is 0 Å². The van der Waals surface area contributed by atoms with Crippen LogP contribution in [0.3, 0.4) is 0 Å². The predicted molar refractivity (Wildman–Crippen MR) is 38.6 cm³/mol. The molecule has 1 heteroatoms. The minimum Gasteiger partial charge on any atom is -0.396 e. The van der Waals surface area contributed by atoms with Crippen molar-refractivity contribution in [2.45, 2.75) is 6.42 Å². The van der Waals surface area contributed by atoms with Crippen LogP contribution in [0.25, 0.3) is 0 Å². The Bertz CT molecular complexity index is 261. The van der Waals surface area contributed by atoms with E-state index in [-0.39, 0.29) is 0 Å². The first kappa shape index (κ1) is 4.86. The molecular formula is C10H12O. The lowest BCUT2D eigenvalue weighted by Crippen LogP contribution is -2.89. The summed E-state index contributed by atoms with van der Waals surface area (Å²) in [7, 11) is 0. The van der Waals surface area contributed by atoms with Gasteiger partial charge in [0.05, 0.1) is 0 Å². The maximum Gasteiger partial charge on any atom is 0.0496 e. The third-order valence-electron chi connectivity index (χ3n) is 6.25. The molecule has 6 aliphatic rings.